The van der Waals surface area contributed by atoms with E-state index in [1.807, 2.05) is 12.1 Å². The highest BCUT2D eigenvalue weighted by molar-refractivity contribution is 5.60. The molecule has 1 aliphatic rings. The predicted molar refractivity (Wildman–Crippen MR) is 60.7 cm³/mol. The van der Waals surface area contributed by atoms with E-state index in [9.17, 15) is 0 Å². The molecule has 2 heterocycles. The van der Waals surface area contributed by atoms with Crippen LogP contribution in [0.25, 0.3) is 0 Å². The van der Waals surface area contributed by atoms with Gasteiger partial charge in [-0.1, -0.05) is 0 Å². The molecule has 1 atom stereocenters. The Morgan fingerprint density at radius 2 is 2.53 bits per heavy atom. The monoisotopic (exact) mass is 207 g/mol. The number of pyridine rings is 1. The summed E-state index contributed by atoms with van der Waals surface area (Å²) in [5, 5.41) is 3.23. The topological polar surface area (TPSA) is 60.2 Å². The first-order valence-electron chi connectivity index (χ1n) is 5.28. The maximum Gasteiger partial charge on any atom is 0.149 e. The Morgan fingerprint density at radius 1 is 1.67 bits per heavy atom. The van der Waals surface area contributed by atoms with Crippen molar-refractivity contribution in [1.82, 2.24) is 4.98 Å². The van der Waals surface area contributed by atoms with Crippen LogP contribution in [0.1, 0.15) is 19.8 Å². The van der Waals surface area contributed by atoms with E-state index >= 15 is 0 Å². The van der Waals surface area contributed by atoms with Crippen molar-refractivity contribution >= 4 is 11.5 Å². The van der Waals surface area contributed by atoms with Crippen LogP contribution in [0.4, 0.5) is 11.5 Å². The van der Waals surface area contributed by atoms with Gasteiger partial charge in [0.15, 0.2) is 0 Å². The lowest BCUT2D eigenvalue weighted by Crippen LogP contribution is -2.32. The molecule has 0 aliphatic carbocycles. The summed E-state index contributed by atoms with van der Waals surface area (Å²) in [6.45, 7) is 3.73. The molecular formula is C11H17N3O. The SMILES string of the molecule is CC1(CNc2ncccc2N)CCCO1. The normalized spacial score (nSPS) is 25.4. The largest absolute Gasteiger partial charge is 0.396 e. The van der Waals surface area contributed by atoms with Gasteiger partial charge in [0.05, 0.1) is 11.3 Å². The second-order valence-corrected chi connectivity index (χ2v) is 4.20. The van der Waals surface area contributed by atoms with Crippen LogP contribution >= 0.6 is 0 Å². The molecule has 1 saturated heterocycles. The second kappa shape index (κ2) is 4.06. The number of nitrogens with zero attached hydrogens (tertiary/aromatic N) is 1. The Morgan fingerprint density at radius 3 is 3.20 bits per heavy atom. The lowest BCUT2D eigenvalue weighted by molar-refractivity contribution is 0.0315. The molecule has 2 rings (SSSR count). The number of nitrogens with two attached hydrogens (primary N) is 1. The first-order chi connectivity index (χ1) is 7.20. The Labute approximate surface area is 89.8 Å². The van der Waals surface area contributed by atoms with Gasteiger partial charge in [0, 0.05) is 19.3 Å². The van der Waals surface area contributed by atoms with Crippen LogP contribution in [0.2, 0.25) is 0 Å². The number of aromatic nitrogens is 1. The Balaban J connectivity index is 1.95. The van der Waals surface area contributed by atoms with Crippen molar-refractivity contribution in [2.75, 3.05) is 24.2 Å². The van der Waals surface area contributed by atoms with Crippen LogP contribution < -0.4 is 11.1 Å². The van der Waals surface area contributed by atoms with Gasteiger partial charge < -0.3 is 15.8 Å². The molecule has 4 nitrogen and oxygen atoms in total. The average molecular weight is 207 g/mol. The van der Waals surface area contributed by atoms with E-state index in [-0.39, 0.29) is 5.60 Å². The smallest absolute Gasteiger partial charge is 0.149 e. The van der Waals surface area contributed by atoms with E-state index in [0.29, 0.717) is 5.69 Å². The van der Waals surface area contributed by atoms with Gasteiger partial charge >= 0.3 is 0 Å². The van der Waals surface area contributed by atoms with Crippen molar-refractivity contribution in [2.45, 2.75) is 25.4 Å². The average Bonchev–Trinajstić information content (AvgIpc) is 2.65. The predicted octanol–water partition coefficient (Wildman–Crippen LogP) is 1.64. The van der Waals surface area contributed by atoms with Gasteiger partial charge in [-0.3, -0.25) is 0 Å². The molecule has 0 radical (unpaired) electrons. The number of ether oxygens (including phenoxy) is 1. The number of nitrogens with one attached hydrogen (secondary N) is 1. The molecule has 4 heteroatoms. The minimum atomic E-state index is -0.0655. The quantitative estimate of drug-likeness (QED) is 0.791. The molecular weight excluding hydrogens is 190 g/mol. The van der Waals surface area contributed by atoms with Crippen LogP contribution in [0.5, 0.6) is 0 Å². The molecule has 1 fully saturated rings. The van der Waals surface area contributed by atoms with Crippen LogP contribution in [-0.2, 0) is 4.74 Å². The van der Waals surface area contributed by atoms with Crippen molar-refractivity contribution < 1.29 is 4.74 Å². The van der Waals surface area contributed by atoms with E-state index < -0.39 is 0 Å². The van der Waals surface area contributed by atoms with Crippen LogP contribution in [-0.4, -0.2) is 23.7 Å². The highest BCUT2D eigenvalue weighted by Gasteiger charge is 2.29. The van der Waals surface area contributed by atoms with Crippen molar-refractivity contribution in [1.29, 1.82) is 0 Å². The Kier molecular flexibility index (Phi) is 2.77. The molecule has 1 unspecified atom stereocenters. The zero-order chi connectivity index (χ0) is 10.7. The molecule has 0 bridgehead atoms. The number of hydrogen-bond donors (Lipinski definition) is 2. The summed E-state index contributed by atoms with van der Waals surface area (Å²) < 4.78 is 5.67. The molecule has 1 aliphatic heterocycles. The first-order valence-corrected chi connectivity index (χ1v) is 5.28. The molecule has 0 amide bonds. The molecule has 3 N–H and O–H groups in total. The fourth-order valence-electron chi connectivity index (χ4n) is 1.81. The molecule has 82 valence electrons. The highest BCUT2D eigenvalue weighted by atomic mass is 16.5. The minimum Gasteiger partial charge on any atom is -0.396 e. The molecule has 15 heavy (non-hydrogen) atoms. The summed E-state index contributed by atoms with van der Waals surface area (Å²) >= 11 is 0. The van der Waals surface area contributed by atoms with Gasteiger partial charge in [-0.15, -0.1) is 0 Å². The van der Waals surface area contributed by atoms with E-state index in [1.54, 1.807) is 6.20 Å². The summed E-state index contributed by atoms with van der Waals surface area (Å²) in [4.78, 5) is 4.18. The van der Waals surface area contributed by atoms with E-state index in [2.05, 4.69) is 17.2 Å². The maximum atomic E-state index is 5.78. The zero-order valence-corrected chi connectivity index (χ0v) is 8.99. The Bertz CT molecular complexity index is 334. The van der Waals surface area contributed by atoms with E-state index in [0.717, 1.165) is 31.8 Å². The summed E-state index contributed by atoms with van der Waals surface area (Å²) in [6, 6.07) is 3.67. The van der Waals surface area contributed by atoms with Crippen LogP contribution in [0.15, 0.2) is 18.3 Å². The number of nitrogen functional groups attached to an aromatic ring is 1. The van der Waals surface area contributed by atoms with Crippen LogP contribution in [0.3, 0.4) is 0 Å². The molecule has 1 aromatic rings. The fourth-order valence-corrected chi connectivity index (χ4v) is 1.81. The van der Waals surface area contributed by atoms with Gasteiger partial charge in [0.2, 0.25) is 0 Å². The van der Waals surface area contributed by atoms with Gasteiger partial charge in [-0.05, 0) is 31.9 Å². The number of hydrogen-bond acceptors (Lipinski definition) is 4. The minimum absolute atomic E-state index is 0.0655. The third-order valence-electron chi connectivity index (χ3n) is 2.77. The van der Waals surface area contributed by atoms with Gasteiger partial charge in [-0.2, -0.15) is 0 Å². The first kappa shape index (κ1) is 10.2. The van der Waals surface area contributed by atoms with Crippen molar-refractivity contribution in [3.63, 3.8) is 0 Å². The highest BCUT2D eigenvalue weighted by Crippen LogP contribution is 2.25. The van der Waals surface area contributed by atoms with Crippen molar-refractivity contribution in [3.05, 3.63) is 18.3 Å². The van der Waals surface area contributed by atoms with Crippen LogP contribution in [0, 0.1) is 0 Å². The molecule has 1 aromatic heterocycles. The van der Waals surface area contributed by atoms with Gasteiger partial charge in [-0.25, -0.2) is 4.98 Å². The molecule has 0 spiro atoms. The second-order valence-electron chi connectivity index (χ2n) is 4.20. The fraction of sp³-hybridized carbons (Fsp3) is 0.545. The van der Waals surface area contributed by atoms with E-state index in [4.69, 9.17) is 10.5 Å². The van der Waals surface area contributed by atoms with E-state index in [1.165, 1.54) is 0 Å². The zero-order valence-electron chi connectivity index (χ0n) is 8.99. The third kappa shape index (κ3) is 2.39. The molecule has 0 saturated carbocycles. The van der Waals surface area contributed by atoms with Crippen molar-refractivity contribution in [2.24, 2.45) is 0 Å². The summed E-state index contributed by atoms with van der Waals surface area (Å²) in [7, 11) is 0. The Hall–Kier alpha value is -1.29. The lowest BCUT2D eigenvalue weighted by Gasteiger charge is -2.23. The lowest BCUT2D eigenvalue weighted by atomic mass is 10.0. The summed E-state index contributed by atoms with van der Waals surface area (Å²) in [5.74, 6) is 0.745. The standard InChI is InChI=1S/C11H17N3O/c1-11(5-3-7-15-11)8-14-10-9(12)4-2-6-13-10/h2,4,6H,3,5,7-8,12H2,1H3,(H,13,14). The summed E-state index contributed by atoms with van der Waals surface area (Å²) in [6.07, 6.45) is 3.96. The van der Waals surface area contributed by atoms with Crippen molar-refractivity contribution in [3.8, 4) is 0 Å². The van der Waals surface area contributed by atoms with Gasteiger partial charge in [0.25, 0.3) is 0 Å². The maximum absolute atomic E-state index is 5.78. The third-order valence-corrected chi connectivity index (χ3v) is 2.77. The number of rotatable bonds is 3. The summed E-state index contributed by atoms with van der Waals surface area (Å²) in [5.41, 5.74) is 6.40. The van der Waals surface area contributed by atoms with Gasteiger partial charge in [0.1, 0.15) is 5.82 Å². The molecule has 0 aromatic carbocycles. The number of anilines is 2.